The molecule has 0 aliphatic carbocycles. The summed E-state index contributed by atoms with van der Waals surface area (Å²) in [6.45, 7) is 5.68. The number of nitrogens with zero attached hydrogens (tertiary/aromatic N) is 4. The fraction of sp³-hybridized carbons (Fsp3) is 0.286. The Hall–Kier alpha value is -3.10. The number of ether oxygens (including phenoxy) is 1. The third-order valence-electron chi connectivity index (χ3n) is 2.95. The zero-order valence-electron chi connectivity index (χ0n) is 13.0. The minimum Gasteiger partial charge on any atom is -0.474 e. The number of nitrogens with one attached hydrogen (secondary N) is 2. The Morgan fingerprint density at radius 1 is 1.35 bits per heavy atom. The van der Waals surface area contributed by atoms with Crippen molar-refractivity contribution in [1.29, 1.82) is 0 Å². The number of nitrogens with two attached hydrogens (primary N) is 1. The van der Waals surface area contributed by atoms with Gasteiger partial charge in [-0.25, -0.2) is 9.97 Å². The number of anilines is 3. The van der Waals surface area contributed by atoms with Crippen molar-refractivity contribution < 1.29 is 9.15 Å². The molecule has 120 valence electrons. The third-order valence-corrected chi connectivity index (χ3v) is 2.95. The summed E-state index contributed by atoms with van der Waals surface area (Å²) in [6.07, 6.45) is 2.97. The second-order valence-electron chi connectivity index (χ2n) is 5.17. The van der Waals surface area contributed by atoms with Gasteiger partial charge >= 0.3 is 0 Å². The first-order valence-electron chi connectivity index (χ1n) is 7.05. The number of aromatic nitrogens is 5. The fourth-order valence-corrected chi connectivity index (χ4v) is 2.12. The molecule has 0 atom stereocenters. The molecule has 0 aliphatic heterocycles. The van der Waals surface area contributed by atoms with Crippen LogP contribution in [0, 0.1) is 6.92 Å². The first kappa shape index (κ1) is 14.8. The van der Waals surface area contributed by atoms with Crippen LogP contribution in [0.4, 0.5) is 17.6 Å². The first-order valence-corrected chi connectivity index (χ1v) is 7.05. The summed E-state index contributed by atoms with van der Waals surface area (Å²) < 4.78 is 10.9. The summed E-state index contributed by atoms with van der Waals surface area (Å²) in [5, 5.41) is 10.0. The molecule has 0 spiro atoms. The largest absolute Gasteiger partial charge is 0.474 e. The lowest BCUT2D eigenvalue weighted by Crippen LogP contribution is -2.05. The van der Waals surface area contributed by atoms with Crippen LogP contribution in [0.2, 0.25) is 0 Å². The molecule has 0 radical (unpaired) electrons. The fourth-order valence-electron chi connectivity index (χ4n) is 2.12. The van der Waals surface area contributed by atoms with Crippen molar-refractivity contribution in [1.82, 2.24) is 25.1 Å². The van der Waals surface area contributed by atoms with Crippen LogP contribution in [0.5, 0.6) is 5.88 Å². The molecule has 3 rings (SSSR count). The zero-order chi connectivity index (χ0) is 16.4. The molecular weight excluding hydrogens is 298 g/mol. The summed E-state index contributed by atoms with van der Waals surface area (Å²) in [5.41, 5.74) is 7.10. The number of hydrogen-bond donors (Lipinski definition) is 3. The Bertz CT molecular complexity index is 796. The molecule has 9 heteroatoms. The topological polar surface area (TPSA) is 128 Å². The highest BCUT2D eigenvalue weighted by Gasteiger charge is 2.17. The quantitative estimate of drug-likeness (QED) is 0.654. The van der Waals surface area contributed by atoms with Crippen LogP contribution in [0.1, 0.15) is 19.5 Å². The third kappa shape index (κ3) is 3.23. The molecule has 9 nitrogen and oxygen atoms in total. The van der Waals surface area contributed by atoms with E-state index in [1.165, 1.54) is 6.39 Å². The molecule has 0 saturated carbocycles. The van der Waals surface area contributed by atoms with Crippen LogP contribution in [0.15, 0.2) is 23.1 Å². The predicted molar refractivity (Wildman–Crippen MR) is 84.3 cm³/mol. The van der Waals surface area contributed by atoms with Gasteiger partial charge in [0.15, 0.2) is 12.2 Å². The SMILES string of the molecule is Cc1nc(N)nc(Nc2cc(OC(C)C)n[nH]2)c1-c1cnco1. The van der Waals surface area contributed by atoms with Crippen molar-refractivity contribution in [2.45, 2.75) is 26.9 Å². The summed E-state index contributed by atoms with van der Waals surface area (Å²) in [4.78, 5) is 12.3. The number of aryl methyl sites for hydroxylation is 1. The second kappa shape index (κ2) is 5.95. The van der Waals surface area contributed by atoms with Crippen LogP contribution in [-0.2, 0) is 0 Å². The van der Waals surface area contributed by atoms with E-state index in [2.05, 4.69) is 30.5 Å². The molecule has 0 bridgehead atoms. The maximum atomic E-state index is 5.75. The van der Waals surface area contributed by atoms with E-state index in [-0.39, 0.29) is 12.1 Å². The lowest BCUT2D eigenvalue weighted by molar-refractivity contribution is 0.232. The Morgan fingerprint density at radius 3 is 2.87 bits per heavy atom. The van der Waals surface area contributed by atoms with Crippen LogP contribution in [-0.4, -0.2) is 31.3 Å². The van der Waals surface area contributed by atoms with Gasteiger partial charge in [-0.3, -0.25) is 5.10 Å². The Balaban J connectivity index is 1.95. The predicted octanol–water partition coefficient (Wildman–Crippen LogP) is 2.28. The summed E-state index contributed by atoms with van der Waals surface area (Å²) >= 11 is 0. The van der Waals surface area contributed by atoms with Gasteiger partial charge < -0.3 is 20.2 Å². The molecule has 0 aromatic carbocycles. The number of nitrogen functional groups attached to an aromatic ring is 1. The number of aromatic amines is 1. The maximum Gasteiger partial charge on any atom is 0.234 e. The lowest BCUT2D eigenvalue weighted by atomic mass is 10.2. The molecular formula is C14H17N7O2. The minimum atomic E-state index is 0.0350. The van der Waals surface area contributed by atoms with Gasteiger partial charge in [0.25, 0.3) is 0 Å². The molecule has 3 aromatic heterocycles. The smallest absolute Gasteiger partial charge is 0.234 e. The maximum absolute atomic E-state index is 5.75. The molecule has 0 unspecified atom stereocenters. The molecule has 3 heterocycles. The molecule has 0 amide bonds. The van der Waals surface area contributed by atoms with Crippen LogP contribution in [0.25, 0.3) is 11.3 Å². The van der Waals surface area contributed by atoms with E-state index >= 15 is 0 Å². The van der Waals surface area contributed by atoms with E-state index in [9.17, 15) is 0 Å². The molecule has 4 N–H and O–H groups in total. The van der Waals surface area contributed by atoms with Gasteiger partial charge in [-0.1, -0.05) is 0 Å². The monoisotopic (exact) mass is 315 g/mol. The second-order valence-corrected chi connectivity index (χ2v) is 5.17. The van der Waals surface area contributed by atoms with Gasteiger partial charge in [-0.05, 0) is 20.8 Å². The summed E-state index contributed by atoms with van der Waals surface area (Å²) in [5.74, 6) is 2.29. The number of oxazole rings is 1. The van der Waals surface area contributed by atoms with Gasteiger partial charge in [0, 0.05) is 6.07 Å². The van der Waals surface area contributed by atoms with Crippen LogP contribution >= 0.6 is 0 Å². The number of hydrogen-bond acceptors (Lipinski definition) is 8. The van der Waals surface area contributed by atoms with Crippen molar-refractivity contribution in [3.63, 3.8) is 0 Å². The van der Waals surface area contributed by atoms with Crippen molar-refractivity contribution in [3.05, 3.63) is 24.4 Å². The zero-order valence-corrected chi connectivity index (χ0v) is 13.0. The van der Waals surface area contributed by atoms with E-state index in [0.29, 0.717) is 34.5 Å². The molecule has 0 aliphatic rings. The van der Waals surface area contributed by atoms with Gasteiger partial charge in [-0.2, -0.15) is 4.98 Å². The van der Waals surface area contributed by atoms with Crippen LogP contribution < -0.4 is 15.8 Å². The van der Waals surface area contributed by atoms with Gasteiger partial charge in [0.05, 0.1) is 23.6 Å². The van der Waals surface area contributed by atoms with E-state index < -0.39 is 0 Å². The summed E-state index contributed by atoms with van der Waals surface area (Å²) in [6, 6.07) is 1.73. The van der Waals surface area contributed by atoms with Crippen molar-refractivity contribution in [3.8, 4) is 17.2 Å². The normalized spacial score (nSPS) is 11.0. The van der Waals surface area contributed by atoms with E-state index in [4.69, 9.17) is 14.9 Å². The van der Waals surface area contributed by atoms with Crippen molar-refractivity contribution in [2.24, 2.45) is 0 Å². The van der Waals surface area contributed by atoms with E-state index in [1.807, 2.05) is 20.8 Å². The van der Waals surface area contributed by atoms with Gasteiger partial charge in [0.1, 0.15) is 11.6 Å². The Kier molecular flexibility index (Phi) is 3.83. The lowest BCUT2D eigenvalue weighted by Gasteiger charge is -2.10. The molecule has 0 fully saturated rings. The highest BCUT2D eigenvalue weighted by Crippen LogP contribution is 2.31. The molecule has 23 heavy (non-hydrogen) atoms. The number of rotatable bonds is 5. The molecule has 0 saturated heterocycles. The average molecular weight is 315 g/mol. The summed E-state index contributed by atoms with van der Waals surface area (Å²) in [7, 11) is 0. The highest BCUT2D eigenvalue weighted by molar-refractivity contribution is 5.77. The highest BCUT2D eigenvalue weighted by atomic mass is 16.5. The Morgan fingerprint density at radius 2 is 2.17 bits per heavy atom. The Labute approximate surface area is 132 Å². The van der Waals surface area contributed by atoms with E-state index in [0.717, 1.165) is 0 Å². The van der Waals surface area contributed by atoms with Crippen molar-refractivity contribution in [2.75, 3.05) is 11.1 Å². The van der Waals surface area contributed by atoms with Gasteiger partial charge in [-0.15, -0.1) is 5.10 Å². The minimum absolute atomic E-state index is 0.0350. The molecule has 3 aromatic rings. The standard InChI is InChI=1S/C14H17N7O2/c1-7(2)23-11-4-10(20-21-11)18-13-12(9-5-16-6-22-9)8(3)17-14(15)19-13/h4-7H,1-3H3,(H4,15,17,18,19,20,21). The number of H-pyrrole nitrogens is 1. The van der Waals surface area contributed by atoms with Crippen molar-refractivity contribution >= 4 is 17.6 Å². The first-order chi connectivity index (χ1) is 11.0. The average Bonchev–Trinajstić information content (AvgIpc) is 3.09. The van der Waals surface area contributed by atoms with Gasteiger partial charge in [0.2, 0.25) is 11.8 Å². The van der Waals surface area contributed by atoms with Crippen LogP contribution in [0.3, 0.4) is 0 Å². The van der Waals surface area contributed by atoms with E-state index in [1.54, 1.807) is 12.3 Å².